The van der Waals surface area contributed by atoms with Gasteiger partial charge in [-0.25, -0.2) is 32.1 Å². The Hall–Kier alpha value is -4.62. The lowest BCUT2D eigenvalue weighted by atomic mass is 9.95. The normalized spacial score (nSPS) is 22.4. The molecule has 5 heterocycles. The third-order valence-corrected chi connectivity index (χ3v) is 9.87. The highest BCUT2D eigenvalue weighted by molar-refractivity contribution is 5.92. The quantitative estimate of drug-likeness (QED) is 0.159. The third kappa shape index (κ3) is 5.96. The molecule has 4 aromatic rings. The summed E-state index contributed by atoms with van der Waals surface area (Å²) in [5.74, 6) is -1.04. The first-order valence-corrected chi connectivity index (χ1v) is 16.8. The van der Waals surface area contributed by atoms with Crippen LogP contribution in [-0.4, -0.2) is 86.5 Å². The summed E-state index contributed by atoms with van der Waals surface area (Å²) in [6.45, 7) is 9.72. The molecule has 2 fully saturated rings. The summed E-state index contributed by atoms with van der Waals surface area (Å²) in [6.07, 6.45) is -1.53. The van der Waals surface area contributed by atoms with Gasteiger partial charge in [-0.05, 0) is 69.5 Å². The van der Waals surface area contributed by atoms with Gasteiger partial charge >= 0.3 is 12.1 Å². The van der Waals surface area contributed by atoms with Crippen LogP contribution in [0.2, 0.25) is 0 Å². The number of carbonyl (C=O) groups is 2. The lowest BCUT2D eigenvalue weighted by molar-refractivity contribution is -0.146. The Morgan fingerprint density at radius 1 is 1.10 bits per heavy atom. The molecule has 14 heteroatoms. The Morgan fingerprint density at radius 2 is 1.84 bits per heavy atom. The highest BCUT2D eigenvalue weighted by Gasteiger charge is 2.55. The second-order valence-corrected chi connectivity index (χ2v) is 14.5. The summed E-state index contributed by atoms with van der Waals surface area (Å²) in [5, 5.41) is 4.84. The van der Waals surface area contributed by atoms with E-state index in [1.54, 1.807) is 39.2 Å². The van der Waals surface area contributed by atoms with Crippen LogP contribution in [0.3, 0.4) is 0 Å². The number of benzene rings is 2. The molecule has 3 aliphatic rings. The fourth-order valence-corrected chi connectivity index (χ4v) is 7.55. The topological polar surface area (TPSA) is 94.7 Å². The van der Waals surface area contributed by atoms with Crippen molar-refractivity contribution in [2.75, 3.05) is 37.7 Å². The number of likely N-dealkylation sites (tertiary alicyclic amines) is 1. The Bertz CT molecular complexity index is 1950. The molecule has 0 saturated carbocycles. The lowest BCUT2D eigenvalue weighted by Gasteiger charge is -2.27. The first kappa shape index (κ1) is 33.9. The van der Waals surface area contributed by atoms with Crippen molar-refractivity contribution in [1.29, 1.82) is 0 Å². The molecule has 3 aliphatic heterocycles. The zero-order chi connectivity index (χ0) is 35.7. The van der Waals surface area contributed by atoms with Crippen LogP contribution in [0.15, 0.2) is 42.9 Å². The van der Waals surface area contributed by atoms with Gasteiger partial charge in [-0.15, -0.1) is 0 Å². The van der Waals surface area contributed by atoms with Gasteiger partial charge in [0.1, 0.15) is 11.8 Å². The number of aryl methyl sites for hydroxylation is 1. The summed E-state index contributed by atoms with van der Waals surface area (Å²) in [5.41, 5.74) is 1.22. The summed E-state index contributed by atoms with van der Waals surface area (Å²) in [4.78, 5) is 33.6. The van der Waals surface area contributed by atoms with Crippen LogP contribution in [-0.2, 0) is 27.2 Å². The van der Waals surface area contributed by atoms with Crippen molar-refractivity contribution in [2.24, 2.45) is 5.92 Å². The number of hydrogen-bond donors (Lipinski definition) is 0. The van der Waals surface area contributed by atoms with Crippen LogP contribution in [0, 0.1) is 12.8 Å². The molecule has 0 radical (unpaired) electrons. The van der Waals surface area contributed by atoms with Gasteiger partial charge in [-0.2, -0.15) is 5.10 Å². The fraction of sp³-hybridized carbons (Fsp3) is 0.500. The molecule has 1 unspecified atom stereocenters. The second kappa shape index (κ2) is 12.3. The Labute approximate surface area is 286 Å². The summed E-state index contributed by atoms with van der Waals surface area (Å²) in [6, 6.07) is 7.54. The predicted molar refractivity (Wildman–Crippen MR) is 178 cm³/mol. The number of carbonyl (C=O) groups excluding carboxylic acids is 2. The minimum absolute atomic E-state index is 0.0416. The van der Waals surface area contributed by atoms with E-state index in [2.05, 4.69) is 10.1 Å². The maximum atomic E-state index is 16.0. The van der Waals surface area contributed by atoms with E-state index in [-0.39, 0.29) is 67.3 Å². The van der Waals surface area contributed by atoms with Crippen molar-refractivity contribution in [1.82, 2.24) is 24.2 Å². The monoisotopic (exact) mass is 696 g/mol. The average Bonchev–Trinajstić information content (AvgIpc) is 3.84. The molecule has 50 heavy (non-hydrogen) atoms. The van der Waals surface area contributed by atoms with Gasteiger partial charge in [-0.1, -0.05) is 12.1 Å². The van der Waals surface area contributed by atoms with E-state index in [1.807, 2.05) is 29.2 Å². The smallest absolute Gasteiger partial charge is 0.410 e. The molecule has 2 saturated heterocycles. The van der Waals surface area contributed by atoms with Gasteiger partial charge in [-0.3, -0.25) is 4.68 Å². The molecular formula is C36H40F4N6O4. The van der Waals surface area contributed by atoms with Gasteiger partial charge in [0.2, 0.25) is 0 Å². The van der Waals surface area contributed by atoms with Gasteiger partial charge in [0.25, 0.3) is 6.43 Å². The van der Waals surface area contributed by atoms with Crippen LogP contribution in [0.1, 0.15) is 62.7 Å². The van der Waals surface area contributed by atoms with E-state index >= 15 is 4.39 Å². The van der Waals surface area contributed by atoms with Gasteiger partial charge in [0.05, 0.1) is 43.8 Å². The number of alkyl halides is 4. The lowest BCUT2D eigenvalue weighted by Crippen LogP contribution is -2.40. The zero-order valence-electron chi connectivity index (χ0n) is 28.6. The van der Waals surface area contributed by atoms with Gasteiger partial charge in [0.15, 0.2) is 11.7 Å². The van der Waals surface area contributed by atoms with Crippen LogP contribution in [0.4, 0.5) is 28.0 Å². The van der Waals surface area contributed by atoms with Crippen molar-refractivity contribution < 1.29 is 36.6 Å². The number of imidazole rings is 1. The SMILES string of the molecule is CCOC(=O)C(c1ncn2c1C[C@@H](F)C2)n1cc2c(C(F)F)cc(-c3ccc(N4C[C@@H]5CN(C(=O)OC(C)(C)C)C[C@@]5(F)C4)cc3)c(C)c2n1. The van der Waals surface area contributed by atoms with Crippen molar-refractivity contribution in [2.45, 2.75) is 77.5 Å². The minimum atomic E-state index is -2.84. The molecule has 0 aliphatic carbocycles. The molecule has 4 atom stereocenters. The number of anilines is 1. The van der Waals surface area contributed by atoms with Crippen molar-refractivity contribution in [3.8, 4) is 11.1 Å². The largest absolute Gasteiger partial charge is 0.464 e. The van der Waals surface area contributed by atoms with Crippen molar-refractivity contribution >= 4 is 28.7 Å². The van der Waals surface area contributed by atoms with E-state index in [4.69, 9.17) is 9.47 Å². The first-order valence-electron chi connectivity index (χ1n) is 16.8. The van der Waals surface area contributed by atoms with E-state index < -0.39 is 42.0 Å². The average molecular weight is 697 g/mol. The minimum Gasteiger partial charge on any atom is -0.464 e. The number of aromatic nitrogens is 4. The number of halogens is 4. The summed E-state index contributed by atoms with van der Waals surface area (Å²) >= 11 is 0. The zero-order valence-corrected chi connectivity index (χ0v) is 28.6. The predicted octanol–water partition coefficient (Wildman–Crippen LogP) is 6.59. The number of nitrogens with zero attached hydrogens (tertiary/aromatic N) is 6. The molecule has 266 valence electrons. The van der Waals surface area contributed by atoms with Crippen LogP contribution < -0.4 is 4.90 Å². The van der Waals surface area contributed by atoms with E-state index in [1.165, 1.54) is 28.2 Å². The third-order valence-electron chi connectivity index (χ3n) is 9.87. The molecule has 0 spiro atoms. The Kier molecular flexibility index (Phi) is 8.33. The Balaban J connectivity index is 1.17. The maximum absolute atomic E-state index is 16.0. The summed E-state index contributed by atoms with van der Waals surface area (Å²) < 4.78 is 73.3. The number of ether oxygens (including phenoxy) is 2. The molecule has 0 N–H and O–H groups in total. The molecule has 2 aromatic heterocycles. The Morgan fingerprint density at radius 3 is 2.50 bits per heavy atom. The number of amides is 1. The van der Waals surface area contributed by atoms with Gasteiger partial charge < -0.3 is 23.8 Å². The second-order valence-electron chi connectivity index (χ2n) is 14.5. The molecule has 10 nitrogen and oxygen atoms in total. The van der Waals surface area contributed by atoms with Crippen LogP contribution in [0.5, 0.6) is 0 Å². The van der Waals surface area contributed by atoms with Crippen LogP contribution in [0.25, 0.3) is 22.0 Å². The van der Waals surface area contributed by atoms with Crippen molar-refractivity contribution in [3.05, 3.63) is 65.4 Å². The van der Waals surface area contributed by atoms with E-state index in [0.29, 0.717) is 28.9 Å². The number of fused-ring (bicyclic) bond motifs is 3. The molecule has 2 aromatic carbocycles. The highest BCUT2D eigenvalue weighted by atomic mass is 19.3. The van der Waals surface area contributed by atoms with Crippen molar-refractivity contribution in [3.63, 3.8) is 0 Å². The van der Waals surface area contributed by atoms with E-state index in [9.17, 15) is 22.8 Å². The van der Waals surface area contributed by atoms with E-state index in [0.717, 1.165) is 5.69 Å². The van der Waals surface area contributed by atoms with Gasteiger partial charge in [0, 0.05) is 54.0 Å². The molecular weight excluding hydrogens is 656 g/mol. The molecule has 7 rings (SSSR count). The number of rotatable bonds is 7. The number of esters is 1. The van der Waals surface area contributed by atoms with Crippen LogP contribution >= 0.6 is 0 Å². The highest BCUT2D eigenvalue weighted by Crippen LogP contribution is 2.42. The standard InChI is InChI=1S/C36H40F4N6O4/c1-6-49-33(47)31(30-28-11-23(37)15-45(28)19-41-30)46-16-27-26(32(38)39)12-25(20(2)29(27)42-46)21-7-9-24(10-8-21)43-13-22-14-44(18-36(22,40)17-43)34(48)50-35(3,4)5/h7-10,12,16,19,22-23,31-32H,6,11,13-15,17-18H2,1-5H3/t22-,23-,31?,36+/m1/s1. The molecule has 1 amide bonds. The first-order chi connectivity index (χ1) is 23.7. The number of hydrogen-bond acceptors (Lipinski definition) is 7. The maximum Gasteiger partial charge on any atom is 0.410 e. The fourth-order valence-electron chi connectivity index (χ4n) is 7.55. The molecule has 0 bridgehead atoms. The summed E-state index contributed by atoms with van der Waals surface area (Å²) in [7, 11) is 0.